The number of nitrogens with zero attached hydrogens (tertiary/aromatic N) is 3. The first kappa shape index (κ1) is 26.1. The van der Waals surface area contributed by atoms with Gasteiger partial charge in [0.2, 0.25) is 10.0 Å². The van der Waals surface area contributed by atoms with Crippen LogP contribution in [0.25, 0.3) is 0 Å². The van der Waals surface area contributed by atoms with Crippen molar-refractivity contribution < 1.29 is 13.2 Å². The summed E-state index contributed by atoms with van der Waals surface area (Å²) in [5.41, 5.74) is 3.72. The molecule has 1 aliphatic heterocycles. The molecule has 1 aliphatic rings. The molecular weight excluding hydrogens is 503 g/mol. The van der Waals surface area contributed by atoms with Crippen LogP contribution < -0.4 is 5.32 Å². The van der Waals surface area contributed by atoms with Gasteiger partial charge in [0.05, 0.1) is 19.4 Å². The van der Waals surface area contributed by atoms with Gasteiger partial charge in [0.25, 0.3) is 0 Å². The number of hydrogen-bond donors (Lipinski definition) is 1. The van der Waals surface area contributed by atoms with Gasteiger partial charge in [0, 0.05) is 33.2 Å². The number of aliphatic imine (C=N–C) groups is 1. The number of halogens is 1. The predicted octanol–water partition coefficient (Wildman–Crippen LogP) is 2.54. The molecular formula is C20H35IN4O3S. The molecule has 9 heteroatoms. The molecule has 1 N–H and O–H groups in total. The average molecular weight is 538 g/mol. The summed E-state index contributed by atoms with van der Waals surface area (Å²) < 4.78 is 30.9. The second-order valence-corrected chi connectivity index (χ2v) is 9.23. The topological polar surface area (TPSA) is 74.2 Å². The lowest BCUT2D eigenvalue weighted by molar-refractivity contribution is -0.00831. The van der Waals surface area contributed by atoms with Crippen LogP contribution in [0, 0.1) is 13.8 Å². The number of aryl methyl sites for hydroxylation is 2. The van der Waals surface area contributed by atoms with E-state index in [0.717, 1.165) is 25.5 Å². The molecule has 1 atom stereocenters. The van der Waals surface area contributed by atoms with Gasteiger partial charge in [-0.1, -0.05) is 30.7 Å². The maximum atomic E-state index is 11.7. The lowest BCUT2D eigenvalue weighted by Crippen LogP contribution is -2.48. The SMILES string of the molecule is CCN(CCCNC(=NC)N1CCOC(c2ccc(C)cc2C)C1)S(C)(=O)=O.I. The summed E-state index contributed by atoms with van der Waals surface area (Å²) in [4.78, 5) is 6.62. The Kier molecular flexibility index (Phi) is 10.9. The van der Waals surface area contributed by atoms with Crippen LogP contribution in [0.1, 0.15) is 36.1 Å². The summed E-state index contributed by atoms with van der Waals surface area (Å²) >= 11 is 0. The number of guanidine groups is 1. The van der Waals surface area contributed by atoms with E-state index in [1.165, 1.54) is 27.3 Å². The minimum Gasteiger partial charge on any atom is -0.370 e. The predicted molar refractivity (Wildman–Crippen MR) is 130 cm³/mol. The summed E-state index contributed by atoms with van der Waals surface area (Å²) in [5, 5.41) is 3.36. The zero-order valence-corrected chi connectivity index (χ0v) is 21.3. The molecule has 2 rings (SSSR count). The maximum absolute atomic E-state index is 11.7. The van der Waals surface area contributed by atoms with E-state index in [4.69, 9.17) is 4.74 Å². The van der Waals surface area contributed by atoms with Crippen LogP contribution in [0.2, 0.25) is 0 Å². The standard InChI is InChI=1S/C20H34N4O3S.HI/c1-6-24(28(5,25)26)11-7-10-22-20(21-4)23-12-13-27-19(15-23)18-9-8-16(2)14-17(18)3;/h8-9,14,19H,6-7,10-13,15H2,1-5H3,(H,21,22);1H. The van der Waals surface area contributed by atoms with E-state index in [2.05, 4.69) is 47.3 Å². The number of sulfonamides is 1. The van der Waals surface area contributed by atoms with Gasteiger partial charge >= 0.3 is 0 Å². The second kappa shape index (κ2) is 12.1. The third-order valence-corrected chi connectivity index (χ3v) is 6.42. The summed E-state index contributed by atoms with van der Waals surface area (Å²) in [5.74, 6) is 0.834. The lowest BCUT2D eigenvalue weighted by Gasteiger charge is -2.36. The number of rotatable bonds is 7. The van der Waals surface area contributed by atoms with Crippen LogP contribution in [0.15, 0.2) is 23.2 Å². The Balaban J connectivity index is 0.00000420. The molecule has 0 amide bonds. The Morgan fingerprint density at radius 2 is 2.10 bits per heavy atom. The van der Waals surface area contributed by atoms with Crippen molar-refractivity contribution >= 4 is 40.0 Å². The quantitative estimate of drug-likeness (QED) is 0.250. The molecule has 1 aromatic rings. The molecule has 0 bridgehead atoms. The monoisotopic (exact) mass is 538 g/mol. The number of ether oxygens (including phenoxy) is 1. The van der Waals surface area contributed by atoms with Gasteiger partial charge in [0.1, 0.15) is 6.10 Å². The molecule has 0 saturated carbocycles. The first-order chi connectivity index (χ1) is 13.3. The molecule has 29 heavy (non-hydrogen) atoms. The van der Waals surface area contributed by atoms with E-state index < -0.39 is 10.0 Å². The van der Waals surface area contributed by atoms with Crippen molar-refractivity contribution in [3.05, 3.63) is 34.9 Å². The Hall–Kier alpha value is -0.910. The number of benzene rings is 1. The van der Waals surface area contributed by atoms with E-state index in [1.807, 2.05) is 6.92 Å². The van der Waals surface area contributed by atoms with Gasteiger partial charge in [0.15, 0.2) is 5.96 Å². The van der Waals surface area contributed by atoms with Crippen molar-refractivity contribution in [2.45, 2.75) is 33.3 Å². The third kappa shape index (κ3) is 7.69. The highest BCUT2D eigenvalue weighted by Crippen LogP contribution is 2.25. The van der Waals surface area contributed by atoms with Crippen molar-refractivity contribution in [2.75, 3.05) is 52.6 Å². The van der Waals surface area contributed by atoms with Crippen molar-refractivity contribution in [1.82, 2.24) is 14.5 Å². The van der Waals surface area contributed by atoms with Gasteiger partial charge < -0.3 is 15.0 Å². The van der Waals surface area contributed by atoms with Gasteiger partial charge in [-0.25, -0.2) is 12.7 Å². The van der Waals surface area contributed by atoms with Crippen molar-refractivity contribution in [3.8, 4) is 0 Å². The van der Waals surface area contributed by atoms with E-state index in [-0.39, 0.29) is 30.1 Å². The Labute approximate surface area is 193 Å². The minimum absolute atomic E-state index is 0. The van der Waals surface area contributed by atoms with Crippen LogP contribution in [-0.4, -0.2) is 76.2 Å². The Bertz CT molecular complexity index is 786. The molecule has 1 aromatic carbocycles. The molecule has 1 saturated heterocycles. The zero-order chi connectivity index (χ0) is 20.7. The highest BCUT2D eigenvalue weighted by molar-refractivity contribution is 14.0. The van der Waals surface area contributed by atoms with Crippen molar-refractivity contribution in [3.63, 3.8) is 0 Å². The van der Waals surface area contributed by atoms with Crippen LogP contribution in [-0.2, 0) is 14.8 Å². The highest BCUT2D eigenvalue weighted by atomic mass is 127. The molecule has 166 valence electrons. The van der Waals surface area contributed by atoms with Crippen LogP contribution in [0.5, 0.6) is 0 Å². The van der Waals surface area contributed by atoms with Gasteiger partial charge in [-0.15, -0.1) is 24.0 Å². The van der Waals surface area contributed by atoms with Crippen LogP contribution >= 0.6 is 24.0 Å². The average Bonchev–Trinajstić information content (AvgIpc) is 2.64. The number of nitrogens with one attached hydrogen (secondary N) is 1. The summed E-state index contributed by atoms with van der Waals surface area (Å²) in [6.45, 7) is 9.93. The number of hydrogen-bond acceptors (Lipinski definition) is 4. The normalized spacial score (nSPS) is 17.9. The minimum atomic E-state index is -3.14. The molecule has 7 nitrogen and oxygen atoms in total. The summed E-state index contributed by atoms with van der Waals surface area (Å²) in [6.07, 6.45) is 2.00. The van der Waals surface area contributed by atoms with E-state index in [9.17, 15) is 8.42 Å². The molecule has 0 spiro atoms. The Morgan fingerprint density at radius 3 is 2.69 bits per heavy atom. The van der Waals surface area contributed by atoms with Crippen LogP contribution in [0.3, 0.4) is 0 Å². The lowest BCUT2D eigenvalue weighted by atomic mass is 10.00. The first-order valence-electron chi connectivity index (χ1n) is 9.85. The Morgan fingerprint density at radius 1 is 1.38 bits per heavy atom. The first-order valence-corrected chi connectivity index (χ1v) is 11.7. The van der Waals surface area contributed by atoms with Gasteiger partial charge in [-0.3, -0.25) is 4.99 Å². The second-order valence-electron chi connectivity index (χ2n) is 7.25. The number of morpholine rings is 1. The molecule has 0 radical (unpaired) electrons. The van der Waals surface area contributed by atoms with Crippen LogP contribution in [0.4, 0.5) is 0 Å². The fourth-order valence-electron chi connectivity index (χ4n) is 3.56. The fourth-order valence-corrected chi connectivity index (χ4v) is 4.49. The molecule has 1 heterocycles. The fraction of sp³-hybridized carbons (Fsp3) is 0.650. The largest absolute Gasteiger partial charge is 0.370 e. The van der Waals surface area contributed by atoms with Crippen molar-refractivity contribution in [1.29, 1.82) is 0 Å². The molecule has 0 aliphatic carbocycles. The van der Waals surface area contributed by atoms with E-state index in [1.54, 1.807) is 7.05 Å². The van der Waals surface area contributed by atoms with Crippen molar-refractivity contribution in [2.24, 2.45) is 4.99 Å². The maximum Gasteiger partial charge on any atom is 0.211 e. The van der Waals surface area contributed by atoms with E-state index in [0.29, 0.717) is 26.2 Å². The van der Waals surface area contributed by atoms with Gasteiger partial charge in [-0.2, -0.15) is 0 Å². The summed E-state index contributed by atoms with van der Waals surface area (Å²) in [6, 6.07) is 6.46. The van der Waals surface area contributed by atoms with Gasteiger partial charge in [-0.05, 0) is 31.4 Å². The van der Waals surface area contributed by atoms with E-state index >= 15 is 0 Å². The molecule has 0 aromatic heterocycles. The highest BCUT2D eigenvalue weighted by Gasteiger charge is 2.25. The smallest absolute Gasteiger partial charge is 0.211 e. The summed E-state index contributed by atoms with van der Waals surface area (Å²) in [7, 11) is -1.36. The molecule has 1 unspecified atom stereocenters. The molecule has 1 fully saturated rings. The third-order valence-electron chi connectivity index (χ3n) is 5.04. The zero-order valence-electron chi connectivity index (χ0n) is 18.1.